The molecular weight excluding hydrogens is 331 g/mol. The van der Waals surface area contributed by atoms with Crippen LogP contribution in [0.5, 0.6) is 5.75 Å². The zero-order chi connectivity index (χ0) is 15.0. The molecule has 108 valence electrons. The van der Waals surface area contributed by atoms with Crippen LogP contribution in [0.15, 0.2) is 36.4 Å². The van der Waals surface area contributed by atoms with Gasteiger partial charge < -0.3 is 4.74 Å². The molecule has 0 fully saturated rings. The first-order valence-corrected chi connectivity index (χ1v) is 7.50. The number of alkyl halides is 1. The van der Waals surface area contributed by atoms with Crippen LogP contribution < -0.4 is 4.74 Å². The zero-order valence-corrected chi connectivity index (χ0v) is 13.4. The van der Waals surface area contributed by atoms with Crippen LogP contribution in [0, 0.1) is 0 Å². The summed E-state index contributed by atoms with van der Waals surface area (Å²) in [6.45, 7) is 0. The Hall–Kier alpha value is -1.42. The number of ether oxygens (including phenoxy) is 1. The second-order valence-corrected chi connectivity index (χ2v) is 5.56. The van der Waals surface area contributed by atoms with Crippen LogP contribution in [0.4, 0.5) is 0 Å². The zero-order valence-electron chi connectivity index (χ0n) is 11.1. The Bertz CT molecular complexity index is 814. The number of hydrogen-bond donors (Lipinski definition) is 0. The van der Waals surface area contributed by atoms with E-state index in [2.05, 4.69) is 4.98 Å². The van der Waals surface area contributed by atoms with Crippen molar-refractivity contribution < 1.29 is 4.74 Å². The van der Waals surface area contributed by atoms with Crippen molar-refractivity contribution in [2.75, 3.05) is 7.11 Å². The van der Waals surface area contributed by atoms with E-state index in [1.807, 2.05) is 34.9 Å². The van der Waals surface area contributed by atoms with Gasteiger partial charge in [0.2, 0.25) is 0 Å². The van der Waals surface area contributed by atoms with E-state index in [9.17, 15) is 0 Å². The van der Waals surface area contributed by atoms with Gasteiger partial charge in [-0.3, -0.25) is 4.57 Å². The number of methoxy groups -OCH3 is 1. The van der Waals surface area contributed by atoms with Gasteiger partial charge in [0.1, 0.15) is 11.6 Å². The van der Waals surface area contributed by atoms with Gasteiger partial charge in [-0.1, -0.05) is 23.2 Å². The number of imidazole rings is 1. The van der Waals surface area contributed by atoms with E-state index in [1.54, 1.807) is 13.2 Å². The standard InChI is InChI=1S/C15H11Cl3N2O/c1-21-14-7-10(3-4-11(14)18)20-13-6-9(17)2-5-12(13)19-15(20)8-16/h2-7H,8H2,1H3. The summed E-state index contributed by atoms with van der Waals surface area (Å²) in [6, 6.07) is 11.1. The lowest BCUT2D eigenvalue weighted by Gasteiger charge is -2.10. The predicted octanol–water partition coefficient (Wildman–Crippen LogP) is 5.08. The van der Waals surface area contributed by atoms with Crippen LogP contribution in [-0.2, 0) is 5.88 Å². The van der Waals surface area contributed by atoms with Crippen molar-refractivity contribution >= 4 is 45.8 Å². The molecule has 2 aromatic carbocycles. The molecule has 3 rings (SSSR count). The van der Waals surface area contributed by atoms with Crippen LogP contribution in [0.2, 0.25) is 10.0 Å². The molecule has 1 aromatic heterocycles. The van der Waals surface area contributed by atoms with E-state index >= 15 is 0 Å². The molecule has 0 amide bonds. The number of benzene rings is 2. The summed E-state index contributed by atoms with van der Waals surface area (Å²) in [5.41, 5.74) is 2.60. The highest BCUT2D eigenvalue weighted by Gasteiger charge is 2.13. The van der Waals surface area contributed by atoms with Gasteiger partial charge in [-0.05, 0) is 30.3 Å². The third-order valence-corrected chi connectivity index (χ3v) is 3.98. The van der Waals surface area contributed by atoms with Crippen molar-refractivity contribution in [1.82, 2.24) is 9.55 Å². The maximum atomic E-state index is 6.09. The van der Waals surface area contributed by atoms with Crippen LogP contribution in [-0.4, -0.2) is 16.7 Å². The lowest BCUT2D eigenvalue weighted by molar-refractivity contribution is 0.415. The van der Waals surface area contributed by atoms with Crippen molar-refractivity contribution in [3.05, 3.63) is 52.3 Å². The summed E-state index contributed by atoms with van der Waals surface area (Å²) in [7, 11) is 1.58. The number of hydrogen-bond acceptors (Lipinski definition) is 2. The first-order chi connectivity index (χ1) is 10.1. The molecule has 0 aliphatic heterocycles. The van der Waals surface area contributed by atoms with E-state index in [1.165, 1.54) is 0 Å². The van der Waals surface area contributed by atoms with E-state index < -0.39 is 0 Å². The van der Waals surface area contributed by atoms with Crippen LogP contribution >= 0.6 is 34.8 Å². The fourth-order valence-corrected chi connectivity index (χ4v) is 2.80. The SMILES string of the molecule is COc1cc(-n2c(CCl)nc3ccc(Cl)cc32)ccc1Cl. The molecule has 0 saturated heterocycles. The Labute approximate surface area is 137 Å². The van der Waals surface area contributed by atoms with Gasteiger partial charge in [-0.25, -0.2) is 4.98 Å². The first-order valence-electron chi connectivity index (χ1n) is 6.21. The third kappa shape index (κ3) is 2.57. The topological polar surface area (TPSA) is 27.1 Å². The molecule has 0 bridgehead atoms. The van der Waals surface area contributed by atoms with Crippen molar-refractivity contribution in [3.8, 4) is 11.4 Å². The van der Waals surface area contributed by atoms with Gasteiger partial charge in [-0.2, -0.15) is 0 Å². The fraction of sp³-hybridized carbons (Fsp3) is 0.133. The van der Waals surface area contributed by atoms with Crippen molar-refractivity contribution in [1.29, 1.82) is 0 Å². The number of halogens is 3. The normalized spacial score (nSPS) is 11.0. The summed E-state index contributed by atoms with van der Waals surface area (Å²) < 4.78 is 7.22. The maximum Gasteiger partial charge on any atom is 0.139 e. The number of aromatic nitrogens is 2. The Morgan fingerprint density at radius 3 is 2.67 bits per heavy atom. The minimum atomic E-state index is 0.289. The molecule has 3 nitrogen and oxygen atoms in total. The molecule has 21 heavy (non-hydrogen) atoms. The molecule has 0 unspecified atom stereocenters. The van der Waals surface area contributed by atoms with Gasteiger partial charge in [0.25, 0.3) is 0 Å². The molecule has 0 saturated carbocycles. The fourth-order valence-electron chi connectivity index (χ4n) is 2.26. The van der Waals surface area contributed by atoms with E-state index in [4.69, 9.17) is 39.5 Å². The van der Waals surface area contributed by atoms with Gasteiger partial charge in [0, 0.05) is 11.1 Å². The lowest BCUT2D eigenvalue weighted by atomic mass is 10.2. The van der Waals surface area contributed by atoms with Gasteiger partial charge in [0.05, 0.1) is 34.7 Å². The summed E-state index contributed by atoms with van der Waals surface area (Å²) in [5.74, 6) is 1.62. The van der Waals surface area contributed by atoms with Crippen molar-refractivity contribution in [2.45, 2.75) is 5.88 Å². The molecule has 0 aliphatic rings. The highest BCUT2D eigenvalue weighted by atomic mass is 35.5. The highest BCUT2D eigenvalue weighted by Crippen LogP contribution is 2.30. The lowest BCUT2D eigenvalue weighted by Crippen LogP contribution is -2.00. The van der Waals surface area contributed by atoms with Gasteiger partial charge >= 0.3 is 0 Å². The van der Waals surface area contributed by atoms with Crippen LogP contribution in [0.1, 0.15) is 5.82 Å². The second kappa shape index (κ2) is 5.76. The summed E-state index contributed by atoms with van der Waals surface area (Å²) in [6.07, 6.45) is 0. The average Bonchev–Trinajstić information content (AvgIpc) is 2.85. The molecule has 0 N–H and O–H groups in total. The molecular formula is C15H11Cl3N2O. The van der Waals surface area contributed by atoms with E-state index in [0.717, 1.165) is 22.5 Å². The Morgan fingerprint density at radius 2 is 1.95 bits per heavy atom. The van der Waals surface area contributed by atoms with Gasteiger partial charge in [0.15, 0.2) is 0 Å². The maximum absolute atomic E-state index is 6.09. The molecule has 0 radical (unpaired) electrons. The number of fused-ring (bicyclic) bond motifs is 1. The third-order valence-electron chi connectivity index (χ3n) is 3.20. The summed E-state index contributed by atoms with van der Waals surface area (Å²) >= 11 is 18.2. The predicted molar refractivity (Wildman–Crippen MR) is 87.2 cm³/mol. The van der Waals surface area contributed by atoms with Crippen molar-refractivity contribution in [2.24, 2.45) is 0 Å². The summed E-state index contributed by atoms with van der Waals surface area (Å²) in [4.78, 5) is 4.53. The summed E-state index contributed by atoms with van der Waals surface area (Å²) in [5, 5.41) is 1.20. The van der Waals surface area contributed by atoms with E-state index in [-0.39, 0.29) is 5.88 Å². The monoisotopic (exact) mass is 340 g/mol. The minimum absolute atomic E-state index is 0.289. The quantitative estimate of drug-likeness (QED) is 0.621. The van der Waals surface area contributed by atoms with Crippen molar-refractivity contribution in [3.63, 3.8) is 0 Å². The van der Waals surface area contributed by atoms with E-state index in [0.29, 0.717) is 15.8 Å². The highest BCUT2D eigenvalue weighted by molar-refractivity contribution is 6.32. The molecule has 0 atom stereocenters. The smallest absolute Gasteiger partial charge is 0.139 e. The molecule has 3 aromatic rings. The number of nitrogens with zero attached hydrogens (tertiary/aromatic N) is 2. The second-order valence-electron chi connectivity index (χ2n) is 4.45. The van der Waals surface area contributed by atoms with Crippen LogP contribution in [0.25, 0.3) is 16.7 Å². The molecule has 0 spiro atoms. The minimum Gasteiger partial charge on any atom is -0.495 e. The molecule has 0 aliphatic carbocycles. The molecule has 1 heterocycles. The Balaban J connectivity index is 2.30. The Kier molecular flexibility index (Phi) is 3.98. The number of rotatable bonds is 3. The molecule has 6 heteroatoms. The largest absolute Gasteiger partial charge is 0.495 e. The first kappa shape index (κ1) is 14.5. The average molecular weight is 342 g/mol. The Morgan fingerprint density at radius 1 is 1.14 bits per heavy atom. The van der Waals surface area contributed by atoms with Gasteiger partial charge in [-0.15, -0.1) is 11.6 Å². The van der Waals surface area contributed by atoms with Crippen LogP contribution in [0.3, 0.4) is 0 Å².